The van der Waals surface area contributed by atoms with Crippen molar-refractivity contribution in [3.05, 3.63) is 18.0 Å². The molecule has 0 aliphatic heterocycles. The lowest BCUT2D eigenvalue weighted by Crippen LogP contribution is -2.29. The van der Waals surface area contributed by atoms with Gasteiger partial charge in [-0.2, -0.15) is 5.10 Å². The third kappa shape index (κ3) is 2.42. The Morgan fingerprint density at radius 2 is 2.29 bits per heavy atom. The number of hydrogen-bond donors (Lipinski definition) is 1. The van der Waals surface area contributed by atoms with E-state index in [0.29, 0.717) is 18.0 Å². The van der Waals surface area contributed by atoms with E-state index in [1.165, 1.54) is 0 Å². The summed E-state index contributed by atoms with van der Waals surface area (Å²) in [6.45, 7) is 4.03. The van der Waals surface area contributed by atoms with Gasteiger partial charge in [-0.15, -0.1) is 0 Å². The van der Waals surface area contributed by atoms with Crippen LogP contribution >= 0.6 is 0 Å². The monoisotopic (exact) mass is 195 g/mol. The van der Waals surface area contributed by atoms with E-state index in [4.69, 9.17) is 5.73 Å². The van der Waals surface area contributed by atoms with Gasteiger partial charge in [0.25, 0.3) is 0 Å². The molecule has 4 nitrogen and oxygen atoms in total. The molecule has 1 aromatic heterocycles. The summed E-state index contributed by atoms with van der Waals surface area (Å²) in [5.74, 6) is 0.387. The van der Waals surface area contributed by atoms with E-state index in [2.05, 4.69) is 5.10 Å². The molecular weight excluding hydrogens is 178 g/mol. The molecule has 1 aromatic rings. The van der Waals surface area contributed by atoms with E-state index in [-0.39, 0.29) is 11.8 Å². The average molecular weight is 195 g/mol. The van der Waals surface area contributed by atoms with Crippen molar-refractivity contribution in [3.63, 3.8) is 0 Å². The molecule has 0 aromatic carbocycles. The first-order chi connectivity index (χ1) is 6.52. The predicted octanol–water partition coefficient (Wildman–Crippen LogP) is 0.976. The fraction of sp³-hybridized carbons (Fsp3) is 0.600. The summed E-state index contributed by atoms with van der Waals surface area (Å²) in [6.07, 6.45) is 2.01. The minimum Gasteiger partial charge on any atom is -0.327 e. The molecule has 0 fully saturated rings. The van der Waals surface area contributed by atoms with Crippen molar-refractivity contribution in [1.82, 2.24) is 9.78 Å². The minimum atomic E-state index is -0.0719. The third-order valence-corrected chi connectivity index (χ3v) is 2.38. The molecule has 1 unspecified atom stereocenters. The molecule has 1 heterocycles. The summed E-state index contributed by atoms with van der Waals surface area (Å²) in [5.41, 5.74) is 6.45. The van der Waals surface area contributed by atoms with Crippen LogP contribution in [0.5, 0.6) is 0 Å². The molecule has 0 spiro atoms. The molecule has 0 saturated heterocycles. The first-order valence-electron chi connectivity index (χ1n) is 4.79. The van der Waals surface area contributed by atoms with Crippen LogP contribution < -0.4 is 5.73 Å². The molecule has 0 aliphatic carbocycles. The van der Waals surface area contributed by atoms with E-state index in [1.54, 1.807) is 24.0 Å². The number of rotatable bonds is 4. The smallest absolute Gasteiger partial charge is 0.182 e. The van der Waals surface area contributed by atoms with Crippen molar-refractivity contribution < 1.29 is 4.79 Å². The van der Waals surface area contributed by atoms with Gasteiger partial charge in [0.2, 0.25) is 0 Å². The second-order valence-corrected chi connectivity index (χ2v) is 3.88. The van der Waals surface area contributed by atoms with Crippen LogP contribution in [0, 0.1) is 5.92 Å². The largest absolute Gasteiger partial charge is 0.327 e. The number of aromatic nitrogens is 2. The van der Waals surface area contributed by atoms with Crippen LogP contribution in [0.25, 0.3) is 0 Å². The van der Waals surface area contributed by atoms with Crippen LogP contribution in [-0.4, -0.2) is 21.6 Å². The lowest BCUT2D eigenvalue weighted by atomic mass is 9.99. The molecule has 0 bridgehead atoms. The lowest BCUT2D eigenvalue weighted by molar-refractivity contribution is 0.0958. The highest BCUT2D eigenvalue weighted by atomic mass is 16.1. The fourth-order valence-corrected chi connectivity index (χ4v) is 1.20. The van der Waals surface area contributed by atoms with E-state index in [1.807, 2.05) is 13.8 Å². The Morgan fingerprint density at radius 1 is 1.64 bits per heavy atom. The van der Waals surface area contributed by atoms with Crippen LogP contribution in [0.15, 0.2) is 12.3 Å². The van der Waals surface area contributed by atoms with Gasteiger partial charge >= 0.3 is 0 Å². The molecule has 2 N–H and O–H groups in total. The second kappa shape index (κ2) is 4.37. The Morgan fingerprint density at radius 3 is 2.71 bits per heavy atom. The summed E-state index contributed by atoms with van der Waals surface area (Å²) in [4.78, 5) is 11.7. The molecule has 78 valence electrons. The maximum atomic E-state index is 11.7. The SMILES string of the molecule is CC(C)C(N)CC(=O)c1ccnn1C. The second-order valence-electron chi connectivity index (χ2n) is 3.88. The normalized spacial score (nSPS) is 13.2. The Balaban J connectivity index is 2.64. The maximum absolute atomic E-state index is 11.7. The summed E-state index contributed by atoms with van der Waals surface area (Å²) >= 11 is 0. The minimum absolute atomic E-state index is 0.0613. The molecule has 1 atom stereocenters. The predicted molar refractivity (Wildman–Crippen MR) is 55.0 cm³/mol. The van der Waals surface area contributed by atoms with E-state index >= 15 is 0 Å². The van der Waals surface area contributed by atoms with Gasteiger partial charge in [0.05, 0.1) is 0 Å². The van der Waals surface area contributed by atoms with E-state index in [0.717, 1.165) is 0 Å². The van der Waals surface area contributed by atoms with Gasteiger partial charge in [-0.1, -0.05) is 13.8 Å². The number of nitrogens with zero attached hydrogens (tertiary/aromatic N) is 2. The molecular formula is C10H17N3O. The topological polar surface area (TPSA) is 60.9 Å². The zero-order chi connectivity index (χ0) is 10.7. The summed E-state index contributed by atoms with van der Waals surface area (Å²) in [7, 11) is 1.76. The summed E-state index contributed by atoms with van der Waals surface area (Å²) in [6, 6.07) is 1.65. The van der Waals surface area contributed by atoms with Gasteiger partial charge in [-0.25, -0.2) is 0 Å². The third-order valence-electron chi connectivity index (χ3n) is 2.38. The van der Waals surface area contributed by atoms with Gasteiger partial charge in [-0.05, 0) is 12.0 Å². The van der Waals surface area contributed by atoms with Crippen molar-refractivity contribution in [3.8, 4) is 0 Å². The highest BCUT2D eigenvalue weighted by molar-refractivity contribution is 5.94. The van der Waals surface area contributed by atoms with Crippen molar-refractivity contribution in [2.75, 3.05) is 0 Å². The first-order valence-corrected chi connectivity index (χ1v) is 4.79. The standard InChI is InChI=1S/C10H17N3O/c1-7(2)8(11)6-10(14)9-4-5-12-13(9)3/h4-5,7-8H,6,11H2,1-3H3. The van der Waals surface area contributed by atoms with Crippen LogP contribution in [0.4, 0.5) is 0 Å². The molecule has 0 saturated carbocycles. The number of nitrogens with two attached hydrogens (primary N) is 1. The highest BCUT2D eigenvalue weighted by Gasteiger charge is 2.16. The first kappa shape index (κ1) is 10.9. The molecule has 0 radical (unpaired) electrons. The molecule has 14 heavy (non-hydrogen) atoms. The van der Waals surface area contributed by atoms with Gasteiger partial charge < -0.3 is 5.73 Å². The summed E-state index contributed by atoms with van der Waals surface area (Å²) < 4.78 is 1.58. The highest BCUT2D eigenvalue weighted by Crippen LogP contribution is 2.08. The Labute approximate surface area is 84.1 Å². The van der Waals surface area contributed by atoms with Gasteiger partial charge in [0, 0.05) is 25.7 Å². The molecule has 0 amide bonds. The van der Waals surface area contributed by atoms with Crippen molar-refractivity contribution in [2.45, 2.75) is 26.3 Å². The zero-order valence-corrected chi connectivity index (χ0v) is 8.90. The van der Waals surface area contributed by atoms with E-state index < -0.39 is 0 Å². The molecule has 4 heteroatoms. The number of Topliss-reactive ketones (excluding diaryl/α,β-unsaturated/α-hetero) is 1. The number of hydrogen-bond acceptors (Lipinski definition) is 3. The zero-order valence-electron chi connectivity index (χ0n) is 8.90. The van der Waals surface area contributed by atoms with Gasteiger partial charge in [-0.3, -0.25) is 9.48 Å². The Kier molecular flexibility index (Phi) is 3.41. The van der Waals surface area contributed by atoms with E-state index in [9.17, 15) is 4.79 Å². The Hall–Kier alpha value is -1.16. The number of ketones is 1. The maximum Gasteiger partial charge on any atom is 0.182 e. The van der Waals surface area contributed by atoms with Gasteiger partial charge in [0.15, 0.2) is 5.78 Å². The van der Waals surface area contributed by atoms with Crippen LogP contribution in [0.2, 0.25) is 0 Å². The van der Waals surface area contributed by atoms with Crippen molar-refractivity contribution >= 4 is 5.78 Å². The fourth-order valence-electron chi connectivity index (χ4n) is 1.20. The van der Waals surface area contributed by atoms with Crippen molar-refractivity contribution in [1.29, 1.82) is 0 Å². The van der Waals surface area contributed by atoms with Gasteiger partial charge in [0.1, 0.15) is 5.69 Å². The average Bonchev–Trinajstić information content (AvgIpc) is 2.51. The Bertz CT molecular complexity index is 317. The lowest BCUT2D eigenvalue weighted by Gasteiger charge is -2.14. The number of aryl methyl sites for hydroxylation is 1. The molecule has 0 aliphatic rings. The van der Waals surface area contributed by atoms with Crippen molar-refractivity contribution in [2.24, 2.45) is 18.7 Å². The van der Waals surface area contributed by atoms with Crippen LogP contribution in [0.3, 0.4) is 0 Å². The number of carbonyl (C=O) groups is 1. The quantitative estimate of drug-likeness (QED) is 0.728. The van der Waals surface area contributed by atoms with Crippen LogP contribution in [0.1, 0.15) is 30.8 Å². The number of carbonyl (C=O) groups excluding carboxylic acids is 1. The van der Waals surface area contributed by atoms with Crippen LogP contribution in [-0.2, 0) is 7.05 Å². The molecule has 1 rings (SSSR count). The summed E-state index contributed by atoms with van der Waals surface area (Å²) in [5, 5.41) is 3.94.